The highest BCUT2D eigenvalue weighted by atomic mass is 15.0. The molecule has 0 heterocycles. The van der Waals surface area contributed by atoms with E-state index in [2.05, 4.69) is 61.2 Å². The number of amidine groups is 1. The summed E-state index contributed by atoms with van der Waals surface area (Å²) in [5, 5.41) is 3.43. The van der Waals surface area contributed by atoms with Crippen LogP contribution in [-0.4, -0.2) is 25.6 Å². The van der Waals surface area contributed by atoms with Crippen LogP contribution >= 0.6 is 0 Å². The van der Waals surface area contributed by atoms with E-state index in [1.54, 1.807) is 0 Å². The molecule has 0 aliphatic heterocycles. The van der Waals surface area contributed by atoms with Crippen LogP contribution in [0.3, 0.4) is 0 Å². The van der Waals surface area contributed by atoms with E-state index in [1.807, 2.05) is 0 Å². The highest BCUT2D eigenvalue weighted by Crippen LogP contribution is 2.36. The van der Waals surface area contributed by atoms with Crippen molar-refractivity contribution in [1.29, 1.82) is 0 Å². The molecule has 22 heavy (non-hydrogen) atoms. The molecule has 1 aliphatic carbocycles. The van der Waals surface area contributed by atoms with E-state index in [0.29, 0.717) is 5.92 Å². The van der Waals surface area contributed by atoms with Crippen molar-refractivity contribution >= 4 is 12.6 Å². The molecular weight excluding hydrogens is 270 g/mol. The summed E-state index contributed by atoms with van der Waals surface area (Å²) in [7, 11) is 0. The lowest BCUT2D eigenvalue weighted by Crippen LogP contribution is -2.28. The molecule has 0 radical (unpaired) electrons. The maximum absolute atomic E-state index is 4.74. The number of hydrogen-bond donors (Lipinski definition) is 1. The zero-order chi connectivity index (χ0) is 15.8. The van der Waals surface area contributed by atoms with E-state index in [-0.39, 0.29) is 0 Å². The molecule has 118 valence electrons. The molecule has 1 aliphatic rings. The Balaban J connectivity index is 2.28. The smallest absolute Gasteiger partial charge is 0.125 e. The van der Waals surface area contributed by atoms with E-state index in [4.69, 9.17) is 4.99 Å². The average molecular weight is 297 g/mol. The van der Waals surface area contributed by atoms with Gasteiger partial charge in [-0.2, -0.15) is 0 Å². The molecule has 1 N–H and O–H groups in total. The standard InChI is InChI=1S/C19H27N3/c1-4-13-22-19(21-5-2)17-14-16(11-12-18(17)20-3)15-9-7-6-8-10-15/h6-10,16H,3-5,11-14H2,1-2H3,(H,21,22). The van der Waals surface area contributed by atoms with Gasteiger partial charge < -0.3 is 5.32 Å². The maximum atomic E-state index is 4.74. The van der Waals surface area contributed by atoms with Gasteiger partial charge in [-0.1, -0.05) is 37.3 Å². The Kier molecular flexibility index (Phi) is 6.38. The summed E-state index contributed by atoms with van der Waals surface area (Å²) >= 11 is 0. The van der Waals surface area contributed by atoms with Gasteiger partial charge in [0.2, 0.25) is 0 Å². The number of aliphatic imine (C=N–C) groups is 2. The zero-order valence-corrected chi connectivity index (χ0v) is 13.8. The van der Waals surface area contributed by atoms with Crippen LogP contribution in [0.1, 0.15) is 51.0 Å². The van der Waals surface area contributed by atoms with Crippen molar-refractivity contribution < 1.29 is 0 Å². The van der Waals surface area contributed by atoms with Gasteiger partial charge in [0.1, 0.15) is 5.84 Å². The lowest BCUT2D eigenvalue weighted by atomic mass is 9.82. The summed E-state index contributed by atoms with van der Waals surface area (Å²) in [6.45, 7) is 9.77. The molecule has 0 amide bonds. The number of allylic oxidation sites excluding steroid dienone is 1. The molecule has 1 atom stereocenters. The first-order valence-electron chi connectivity index (χ1n) is 8.32. The van der Waals surface area contributed by atoms with Crippen LogP contribution in [-0.2, 0) is 0 Å². The minimum Gasteiger partial charge on any atom is -0.370 e. The third-order valence-electron chi connectivity index (χ3n) is 4.11. The summed E-state index contributed by atoms with van der Waals surface area (Å²) in [5.74, 6) is 1.57. The number of benzene rings is 1. The van der Waals surface area contributed by atoms with Crippen molar-refractivity contribution in [2.24, 2.45) is 9.98 Å². The Morgan fingerprint density at radius 3 is 2.68 bits per heavy atom. The van der Waals surface area contributed by atoms with Gasteiger partial charge in [-0.25, -0.2) is 0 Å². The fourth-order valence-electron chi connectivity index (χ4n) is 2.99. The first-order valence-corrected chi connectivity index (χ1v) is 8.32. The van der Waals surface area contributed by atoms with Crippen LogP contribution in [0.25, 0.3) is 0 Å². The monoisotopic (exact) mass is 297 g/mol. The van der Waals surface area contributed by atoms with Crippen LogP contribution < -0.4 is 5.32 Å². The molecule has 0 aromatic heterocycles. The molecule has 0 fully saturated rings. The Hall–Kier alpha value is -1.90. The molecule has 3 nitrogen and oxygen atoms in total. The van der Waals surface area contributed by atoms with Crippen LogP contribution in [0.5, 0.6) is 0 Å². The van der Waals surface area contributed by atoms with Crippen molar-refractivity contribution in [1.82, 2.24) is 5.32 Å². The average Bonchev–Trinajstić information content (AvgIpc) is 2.59. The quantitative estimate of drug-likeness (QED) is 0.616. The van der Waals surface area contributed by atoms with Gasteiger partial charge in [-0.3, -0.25) is 9.98 Å². The van der Waals surface area contributed by atoms with Crippen LogP contribution in [0.2, 0.25) is 0 Å². The zero-order valence-electron chi connectivity index (χ0n) is 13.8. The topological polar surface area (TPSA) is 36.8 Å². The third-order valence-corrected chi connectivity index (χ3v) is 4.11. The number of nitrogens with one attached hydrogen (secondary N) is 1. The molecule has 3 heteroatoms. The Bertz CT molecular complexity index is 543. The first-order chi connectivity index (χ1) is 10.8. The molecule has 0 spiro atoms. The first kappa shape index (κ1) is 16.5. The molecule has 0 saturated carbocycles. The summed E-state index contributed by atoms with van der Waals surface area (Å²) < 4.78 is 0. The fraction of sp³-hybridized carbons (Fsp3) is 0.474. The number of rotatable bonds is 6. The number of hydrogen-bond acceptors (Lipinski definition) is 2. The van der Waals surface area contributed by atoms with Crippen LogP contribution in [0, 0.1) is 0 Å². The van der Waals surface area contributed by atoms with E-state index in [1.165, 1.54) is 11.1 Å². The third kappa shape index (κ3) is 4.06. The van der Waals surface area contributed by atoms with E-state index < -0.39 is 0 Å². The Labute approximate surface area is 134 Å². The fourth-order valence-corrected chi connectivity index (χ4v) is 2.99. The van der Waals surface area contributed by atoms with Gasteiger partial charge in [-0.15, -0.1) is 0 Å². The lowest BCUT2D eigenvalue weighted by Gasteiger charge is -2.27. The van der Waals surface area contributed by atoms with Crippen molar-refractivity contribution in [2.45, 2.75) is 45.4 Å². The number of nitrogens with zero attached hydrogens (tertiary/aromatic N) is 2. The van der Waals surface area contributed by atoms with Crippen LogP contribution in [0.4, 0.5) is 0 Å². The van der Waals surface area contributed by atoms with E-state index in [9.17, 15) is 0 Å². The predicted octanol–water partition coefficient (Wildman–Crippen LogP) is 4.33. The lowest BCUT2D eigenvalue weighted by molar-refractivity contribution is 0.583. The summed E-state index contributed by atoms with van der Waals surface area (Å²) in [5.41, 5.74) is 3.78. The van der Waals surface area contributed by atoms with Gasteiger partial charge >= 0.3 is 0 Å². The molecule has 1 aromatic carbocycles. The summed E-state index contributed by atoms with van der Waals surface area (Å²) in [6.07, 6.45) is 4.17. The molecule has 2 rings (SSSR count). The second kappa shape index (κ2) is 8.52. The van der Waals surface area contributed by atoms with Crippen molar-refractivity contribution in [3.63, 3.8) is 0 Å². The van der Waals surface area contributed by atoms with Gasteiger partial charge in [0.05, 0.1) is 0 Å². The van der Waals surface area contributed by atoms with Gasteiger partial charge in [0.25, 0.3) is 0 Å². The highest BCUT2D eigenvalue weighted by molar-refractivity contribution is 5.99. The molecule has 0 saturated heterocycles. The highest BCUT2D eigenvalue weighted by Gasteiger charge is 2.24. The minimum atomic E-state index is 0.548. The summed E-state index contributed by atoms with van der Waals surface area (Å²) in [6, 6.07) is 10.8. The van der Waals surface area contributed by atoms with Crippen molar-refractivity contribution in [3.8, 4) is 0 Å². The van der Waals surface area contributed by atoms with Crippen molar-refractivity contribution in [3.05, 3.63) is 47.2 Å². The molecule has 1 unspecified atom stereocenters. The largest absolute Gasteiger partial charge is 0.370 e. The second-order valence-electron chi connectivity index (χ2n) is 5.69. The van der Waals surface area contributed by atoms with E-state index >= 15 is 0 Å². The minimum absolute atomic E-state index is 0.548. The van der Waals surface area contributed by atoms with E-state index in [0.717, 1.165) is 50.3 Å². The van der Waals surface area contributed by atoms with Gasteiger partial charge in [0, 0.05) is 24.4 Å². The SMILES string of the molecule is C=NC1=C(C(=NCCC)NCC)CC(c2ccccc2)CC1. The second-order valence-corrected chi connectivity index (χ2v) is 5.69. The summed E-state index contributed by atoms with van der Waals surface area (Å²) in [4.78, 5) is 9.02. The Morgan fingerprint density at radius 2 is 2.05 bits per heavy atom. The molecule has 1 aromatic rings. The van der Waals surface area contributed by atoms with Gasteiger partial charge in [0.15, 0.2) is 0 Å². The van der Waals surface area contributed by atoms with Crippen LogP contribution in [0.15, 0.2) is 51.6 Å². The molecule has 0 bridgehead atoms. The Morgan fingerprint density at radius 1 is 1.27 bits per heavy atom. The normalized spacial score (nSPS) is 19.2. The van der Waals surface area contributed by atoms with Crippen molar-refractivity contribution in [2.75, 3.05) is 13.1 Å². The van der Waals surface area contributed by atoms with Gasteiger partial charge in [-0.05, 0) is 50.8 Å². The predicted molar refractivity (Wildman–Crippen MR) is 95.9 cm³/mol. The molecular formula is C19H27N3. The maximum Gasteiger partial charge on any atom is 0.125 e. The number of likely N-dealkylation sites (N-methyl/N-ethyl adjacent to an activating group) is 1.